The Morgan fingerprint density at radius 3 is 2.27 bits per heavy atom. The Morgan fingerprint density at radius 2 is 1.69 bits per heavy atom. The summed E-state index contributed by atoms with van der Waals surface area (Å²) in [5.74, 6) is -0.162. The van der Waals surface area contributed by atoms with Gasteiger partial charge in [0.2, 0.25) is 5.91 Å². The van der Waals surface area contributed by atoms with Gasteiger partial charge >= 0.3 is 0 Å². The Kier molecular flexibility index (Phi) is 9.97. The van der Waals surface area contributed by atoms with E-state index in [-0.39, 0.29) is 11.8 Å². The number of carbonyl (C=O) groups is 2. The molecule has 0 saturated heterocycles. The molecule has 0 aliphatic carbocycles. The number of rotatable bonds is 11. The van der Waals surface area contributed by atoms with Crippen molar-refractivity contribution in [1.82, 2.24) is 4.90 Å². The fourth-order valence-corrected chi connectivity index (χ4v) is 3.99. The van der Waals surface area contributed by atoms with Gasteiger partial charge in [0.15, 0.2) is 0 Å². The molecule has 0 aliphatic rings. The van der Waals surface area contributed by atoms with E-state index in [1.54, 1.807) is 11.8 Å². The zero-order valence-corrected chi connectivity index (χ0v) is 17.3. The molecule has 6 heteroatoms. The zero-order chi connectivity index (χ0) is 19.5. The van der Waals surface area contributed by atoms with Crippen LogP contribution in [0.1, 0.15) is 86.5 Å². The van der Waals surface area contributed by atoms with Crippen LogP contribution in [0.4, 0.5) is 5.00 Å². The number of nitrogens with zero attached hydrogens (tertiary/aromatic N) is 2. The smallest absolute Gasteiger partial charge is 0.264 e. The molecule has 1 aromatic rings. The normalized spacial score (nSPS) is 10.4. The van der Waals surface area contributed by atoms with Crippen LogP contribution >= 0.6 is 11.3 Å². The monoisotopic (exact) mass is 377 g/mol. The number of hydrogen-bond donors (Lipinski definition) is 1. The molecular weight excluding hydrogens is 346 g/mol. The van der Waals surface area contributed by atoms with Crippen LogP contribution in [0.5, 0.6) is 0 Å². The van der Waals surface area contributed by atoms with Gasteiger partial charge in [-0.2, -0.15) is 5.26 Å². The number of unbranched alkanes of at least 4 members (excludes halogenated alkanes) is 5. The SMILES string of the molecule is CCCCCCCCC(=O)Nc1sc(C(=O)N(CC)CC)c(C)c1C#N. The van der Waals surface area contributed by atoms with Gasteiger partial charge in [-0.1, -0.05) is 39.0 Å². The van der Waals surface area contributed by atoms with Gasteiger partial charge in [-0.3, -0.25) is 9.59 Å². The van der Waals surface area contributed by atoms with Crippen LogP contribution in [0.3, 0.4) is 0 Å². The molecule has 1 rings (SSSR count). The number of nitriles is 1. The lowest BCUT2D eigenvalue weighted by atomic mass is 10.1. The molecule has 0 unspecified atom stereocenters. The topological polar surface area (TPSA) is 73.2 Å². The summed E-state index contributed by atoms with van der Waals surface area (Å²) in [7, 11) is 0. The maximum atomic E-state index is 12.6. The van der Waals surface area contributed by atoms with Gasteiger partial charge in [0.1, 0.15) is 11.1 Å². The second kappa shape index (κ2) is 11.7. The highest BCUT2D eigenvalue weighted by atomic mass is 32.1. The maximum absolute atomic E-state index is 12.6. The molecular formula is C20H31N3O2S. The van der Waals surface area contributed by atoms with E-state index < -0.39 is 0 Å². The second-order valence-electron chi connectivity index (χ2n) is 6.42. The fraction of sp³-hybridized carbons (Fsp3) is 0.650. The van der Waals surface area contributed by atoms with Gasteiger partial charge in [-0.15, -0.1) is 11.3 Å². The van der Waals surface area contributed by atoms with Gasteiger partial charge in [0, 0.05) is 19.5 Å². The number of carbonyl (C=O) groups excluding carboxylic acids is 2. The minimum Gasteiger partial charge on any atom is -0.338 e. The molecule has 26 heavy (non-hydrogen) atoms. The molecule has 0 radical (unpaired) electrons. The van der Waals surface area contributed by atoms with Gasteiger partial charge in [0.25, 0.3) is 5.91 Å². The van der Waals surface area contributed by atoms with Crippen LogP contribution in [0.15, 0.2) is 0 Å². The minimum absolute atomic E-state index is 0.0783. The largest absolute Gasteiger partial charge is 0.338 e. The summed E-state index contributed by atoms with van der Waals surface area (Å²) >= 11 is 1.21. The van der Waals surface area contributed by atoms with E-state index in [4.69, 9.17) is 0 Å². The van der Waals surface area contributed by atoms with Crippen molar-refractivity contribution in [3.63, 3.8) is 0 Å². The summed E-state index contributed by atoms with van der Waals surface area (Å²) in [4.78, 5) is 27.1. The van der Waals surface area contributed by atoms with Crippen LogP contribution in [0, 0.1) is 18.3 Å². The fourth-order valence-electron chi connectivity index (χ4n) is 2.85. The van der Waals surface area contributed by atoms with Crippen LogP contribution < -0.4 is 5.32 Å². The number of nitrogens with one attached hydrogen (secondary N) is 1. The molecule has 0 bridgehead atoms. The number of anilines is 1. The van der Waals surface area contributed by atoms with Crippen molar-refractivity contribution in [3.05, 3.63) is 16.0 Å². The molecule has 0 atom stereocenters. The lowest BCUT2D eigenvalue weighted by Gasteiger charge is -2.17. The summed E-state index contributed by atoms with van der Waals surface area (Å²) in [6.07, 6.45) is 7.19. The zero-order valence-electron chi connectivity index (χ0n) is 16.5. The third-order valence-electron chi connectivity index (χ3n) is 4.51. The maximum Gasteiger partial charge on any atom is 0.264 e. The van der Waals surface area contributed by atoms with Crippen molar-refractivity contribution in [2.75, 3.05) is 18.4 Å². The van der Waals surface area contributed by atoms with Crippen molar-refractivity contribution in [1.29, 1.82) is 5.26 Å². The number of thiophene rings is 1. The first kappa shape index (κ1) is 22.2. The van der Waals surface area contributed by atoms with E-state index in [0.29, 0.717) is 40.5 Å². The highest BCUT2D eigenvalue weighted by Gasteiger charge is 2.23. The Bertz CT molecular complexity index is 642. The summed E-state index contributed by atoms with van der Waals surface area (Å²) in [5, 5.41) is 12.8. The van der Waals surface area contributed by atoms with E-state index in [2.05, 4.69) is 18.3 Å². The van der Waals surface area contributed by atoms with Gasteiger partial charge < -0.3 is 10.2 Å². The van der Waals surface area contributed by atoms with E-state index in [1.807, 2.05) is 13.8 Å². The molecule has 0 aliphatic heterocycles. The summed E-state index contributed by atoms with van der Waals surface area (Å²) in [5.41, 5.74) is 1.06. The Hall–Kier alpha value is -1.87. The van der Waals surface area contributed by atoms with Crippen LogP contribution in [0.2, 0.25) is 0 Å². The summed E-state index contributed by atoms with van der Waals surface area (Å²) < 4.78 is 0. The Labute approximate surface area is 161 Å². The first-order chi connectivity index (χ1) is 12.5. The molecule has 144 valence electrons. The third-order valence-corrected chi connectivity index (χ3v) is 5.71. The number of hydrogen-bond acceptors (Lipinski definition) is 4. The highest BCUT2D eigenvalue weighted by molar-refractivity contribution is 7.18. The summed E-state index contributed by atoms with van der Waals surface area (Å²) in [6.45, 7) is 9.05. The third kappa shape index (κ3) is 6.14. The quantitative estimate of drug-likeness (QED) is 0.545. The first-order valence-electron chi connectivity index (χ1n) is 9.62. The molecule has 1 N–H and O–H groups in total. The Balaban J connectivity index is 2.72. The standard InChI is InChI=1S/C20H31N3O2S/c1-5-8-9-10-11-12-13-17(24)22-19-16(14-21)15(4)18(26-19)20(25)23(6-2)7-3/h5-13H2,1-4H3,(H,22,24). The Morgan fingerprint density at radius 1 is 1.08 bits per heavy atom. The van der Waals surface area contributed by atoms with Crippen molar-refractivity contribution in [2.45, 2.75) is 72.6 Å². The summed E-state index contributed by atoms with van der Waals surface area (Å²) in [6, 6.07) is 2.13. The van der Waals surface area contributed by atoms with Crippen molar-refractivity contribution in [3.8, 4) is 6.07 Å². The van der Waals surface area contributed by atoms with E-state index >= 15 is 0 Å². The van der Waals surface area contributed by atoms with Crippen LogP contribution in [-0.2, 0) is 4.79 Å². The lowest BCUT2D eigenvalue weighted by Crippen LogP contribution is -2.30. The molecule has 1 aromatic heterocycles. The minimum atomic E-state index is -0.0833. The average Bonchev–Trinajstić information content (AvgIpc) is 2.94. The molecule has 5 nitrogen and oxygen atoms in total. The van der Waals surface area contributed by atoms with Crippen molar-refractivity contribution >= 4 is 28.2 Å². The first-order valence-corrected chi connectivity index (χ1v) is 10.4. The van der Waals surface area contributed by atoms with Crippen molar-refractivity contribution < 1.29 is 9.59 Å². The average molecular weight is 378 g/mol. The van der Waals surface area contributed by atoms with E-state index in [1.165, 1.54) is 30.6 Å². The molecule has 0 fully saturated rings. The predicted octanol–water partition coefficient (Wildman–Crippen LogP) is 5.10. The second-order valence-corrected chi connectivity index (χ2v) is 7.44. The van der Waals surface area contributed by atoms with Crippen LogP contribution in [0.25, 0.3) is 0 Å². The molecule has 1 heterocycles. The highest BCUT2D eigenvalue weighted by Crippen LogP contribution is 2.33. The predicted molar refractivity (Wildman–Crippen MR) is 108 cm³/mol. The lowest BCUT2D eigenvalue weighted by molar-refractivity contribution is -0.116. The number of amides is 2. The molecule has 0 aromatic carbocycles. The van der Waals surface area contributed by atoms with Gasteiger partial charge in [0.05, 0.1) is 10.4 Å². The van der Waals surface area contributed by atoms with E-state index in [9.17, 15) is 14.9 Å². The van der Waals surface area contributed by atoms with Crippen molar-refractivity contribution in [2.24, 2.45) is 0 Å². The van der Waals surface area contributed by atoms with Gasteiger partial charge in [-0.25, -0.2) is 0 Å². The molecule has 2 amide bonds. The van der Waals surface area contributed by atoms with Crippen LogP contribution in [-0.4, -0.2) is 29.8 Å². The van der Waals surface area contributed by atoms with E-state index in [0.717, 1.165) is 19.3 Å². The van der Waals surface area contributed by atoms with Gasteiger partial charge in [-0.05, 0) is 32.8 Å². The molecule has 0 saturated carbocycles. The molecule has 0 spiro atoms.